The van der Waals surface area contributed by atoms with Crippen molar-refractivity contribution >= 4 is 23.3 Å². The van der Waals surface area contributed by atoms with Crippen LogP contribution in [0.4, 0.5) is 0 Å². The number of hydrogen-bond donors (Lipinski definition) is 1. The lowest BCUT2D eigenvalue weighted by Gasteiger charge is -2.39. The molecule has 1 aromatic rings. The highest BCUT2D eigenvalue weighted by molar-refractivity contribution is 7.04. The van der Waals surface area contributed by atoms with E-state index in [2.05, 4.69) is 48.2 Å². The molecule has 0 radical (unpaired) electrons. The maximum atomic E-state index is 13.2. The van der Waals surface area contributed by atoms with Crippen LogP contribution in [0.1, 0.15) is 79.7 Å². The Morgan fingerprint density at radius 2 is 1.96 bits per heavy atom. The Balaban J connectivity index is 2.41. The van der Waals surface area contributed by atoms with Crippen LogP contribution in [0.15, 0.2) is 11.2 Å². The van der Waals surface area contributed by atoms with E-state index in [1.165, 1.54) is 0 Å². The molecule has 0 aliphatic heterocycles. The molecule has 1 heterocycles. The largest absolute Gasteiger partial charge is 0.359 e. The van der Waals surface area contributed by atoms with E-state index in [1.54, 1.807) is 18.6 Å². The van der Waals surface area contributed by atoms with Gasteiger partial charge in [-0.15, -0.1) is 0 Å². The zero-order valence-electron chi connectivity index (χ0n) is 18.8. The van der Waals surface area contributed by atoms with Crippen LogP contribution in [0.25, 0.3) is 0 Å². The lowest BCUT2D eigenvalue weighted by Crippen LogP contribution is -2.47. The van der Waals surface area contributed by atoms with E-state index in [1.807, 2.05) is 20.8 Å². The topological polar surface area (TPSA) is 63.5 Å². The number of carbonyl (C=O) groups excluding carboxylic acids is 2. The van der Waals surface area contributed by atoms with Gasteiger partial charge in [-0.05, 0) is 63.4 Å². The fraction of sp³-hybridized carbons (Fsp3) is 0.773. The molecule has 2 amide bonds. The van der Waals surface area contributed by atoms with Crippen molar-refractivity contribution in [2.75, 3.05) is 7.05 Å². The molecule has 0 aromatic carbocycles. The summed E-state index contributed by atoms with van der Waals surface area (Å²) < 4.78 is 3.02. The molecule has 158 valence electrons. The molecule has 6 heteroatoms. The summed E-state index contributed by atoms with van der Waals surface area (Å²) >= 11 is 1.56. The molecule has 0 saturated heterocycles. The number of aryl methyl sites for hydroxylation is 1. The summed E-state index contributed by atoms with van der Waals surface area (Å²) in [7, 11) is 1.67. The van der Waals surface area contributed by atoms with Gasteiger partial charge in [-0.1, -0.05) is 34.1 Å². The van der Waals surface area contributed by atoms with E-state index in [0.29, 0.717) is 12.8 Å². The molecule has 0 bridgehead atoms. The third-order valence-corrected chi connectivity index (χ3v) is 8.03. The second-order valence-electron chi connectivity index (χ2n) is 9.83. The lowest BCUT2D eigenvalue weighted by molar-refractivity contribution is -0.137. The summed E-state index contributed by atoms with van der Waals surface area (Å²) in [4.78, 5) is 30.3. The summed E-state index contributed by atoms with van der Waals surface area (Å²) in [5.74, 6) is -0.310. The average Bonchev–Trinajstić information content (AvgIpc) is 3.11. The van der Waals surface area contributed by atoms with Crippen molar-refractivity contribution in [2.45, 2.75) is 86.1 Å². The standard InChI is InChI=1S/C22H37N3O2S/c1-9-10-11-15-14-25(20(2,3)4)28-18(15)24-17(26)16-12-13-22(7,19(27)23-8)21(16,5)6/h14,16H,9-13H2,1-8H3,(H,23,27). The number of hydrogen-bond acceptors (Lipinski definition) is 3. The molecule has 28 heavy (non-hydrogen) atoms. The fourth-order valence-electron chi connectivity index (χ4n) is 4.13. The van der Waals surface area contributed by atoms with Gasteiger partial charge in [0.2, 0.25) is 5.91 Å². The van der Waals surface area contributed by atoms with Gasteiger partial charge in [0.05, 0.1) is 5.41 Å². The van der Waals surface area contributed by atoms with Gasteiger partial charge in [0, 0.05) is 30.3 Å². The summed E-state index contributed by atoms with van der Waals surface area (Å²) in [5, 5.41) is 2.78. The van der Waals surface area contributed by atoms with Crippen LogP contribution in [0.3, 0.4) is 0 Å². The van der Waals surface area contributed by atoms with Gasteiger partial charge in [0.15, 0.2) is 0 Å². The second-order valence-corrected chi connectivity index (χ2v) is 10.8. The van der Waals surface area contributed by atoms with Gasteiger partial charge in [-0.3, -0.25) is 13.5 Å². The van der Waals surface area contributed by atoms with Crippen molar-refractivity contribution in [3.05, 3.63) is 16.4 Å². The van der Waals surface area contributed by atoms with E-state index in [-0.39, 0.29) is 23.3 Å². The van der Waals surface area contributed by atoms with Crippen molar-refractivity contribution in [3.8, 4) is 0 Å². The van der Waals surface area contributed by atoms with Crippen LogP contribution < -0.4 is 9.99 Å². The van der Waals surface area contributed by atoms with Gasteiger partial charge in [-0.25, -0.2) is 4.99 Å². The van der Waals surface area contributed by atoms with Crippen LogP contribution >= 0.6 is 11.5 Å². The molecule has 1 N–H and O–H groups in total. The molecule has 1 aliphatic rings. The SMILES string of the molecule is CCCCc1cn(C(C)(C)C)sc1=NC(=O)C1CCC(C)(C(=O)NC)C1(C)C. The van der Waals surface area contributed by atoms with Crippen molar-refractivity contribution in [3.63, 3.8) is 0 Å². The number of nitrogens with one attached hydrogen (secondary N) is 1. The predicted octanol–water partition coefficient (Wildman–Crippen LogP) is 4.26. The quantitative estimate of drug-likeness (QED) is 0.792. The summed E-state index contributed by atoms with van der Waals surface area (Å²) in [6.45, 7) is 14.7. The number of nitrogens with zero attached hydrogens (tertiary/aromatic N) is 2. The molecule has 0 spiro atoms. The first-order chi connectivity index (χ1) is 12.9. The van der Waals surface area contributed by atoms with Gasteiger partial charge in [0.25, 0.3) is 5.91 Å². The van der Waals surface area contributed by atoms with Crippen LogP contribution in [0.2, 0.25) is 0 Å². The van der Waals surface area contributed by atoms with Crippen molar-refractivity contribution in [1.82, 2.24) is 9.27 Å². The summed E-state index contributed by atoms with van der Waals surface area (Å²) in [6, 6.07) is 0. The van der Waals surface area contributed by atoms with Crippen molar-refractivity contribution in [1.29, 1.82) is 0 Å². The first kappa shape index (κ1) is 22.9. The van der Waals surface area contributed by atoms with E-state index in [4.69, 9.17) is 0 Å². The molecule has 1 aliphatic carbocycles. The Morgan fingerprint density at radius 1 is 1.32 bits per heavy atom. The van der Waals surface area contributed by atoms with Gasteiger partial charge < -0.3 is 5.32 Å². The Morgan fingerprint density at radius 3 is 2.50 bits per heavy atom. The van der Waals surface area contributed by atoms with E-state index >= 15 is 0 Å². The zero-order valence-corrected chi connectivity index (χ0v) is 19.6. The van der Waals surface area contributed by atoms with Gasteiger partial charge in [-0.2, -0.15) is 0 Å². The van der Waals surface area contributed by atoms with Crippen LogP contribution in [-0.4, -0.2) is 22.8 Å². The maximum Gasteiger partial charge on any atom is 0.250 e. The first-order valence-corrected chi connectivity index (χ1v) is 11.2. The highest BCUT2D eigenvalue weighted by Gasteiger charge is 2.57. The summed E-state index contributed by atoms with van der Waals surface area (Å²) in [6.07, 6.45) is 6.70. The minimum absolute atomic E-state index is 0.0122. The number of aromatic nitrogens is 1. The molecule has 1 fully saturated rings. The zero-order chi connectivity index (χ0) is 21.3. The van der Waals surface area contributed by atoms with Gasteiger partial charge in [0.1, 0.15) is 4.67 Å². The smallest absolute Gasteiger partial charge is 0.250 e. The van der Waals surface area contributed by atoms with Crippen LogP contribution in [-0.2, 0) is 21.5 Å². The average molecular weight is 408 g/mol. The molecular formula is C22H37N3O2S. The highest BCUT2D eigenvalue weighted by Crippen LogP contribution is 2.56. The third kappa shape index (κ3) is 4.12. The maximum absolute atomic E-state index is 13.2. The Kier molecular flexibility index (Phi) is 6.64. The number of unbranched alkanes of at least 4 members (excludes halogenated alkanes) is 1. The molecule has 5 nitrogen and oxygen atoms in total. The normalized spacial score (nSPS) is 25.1. The monoisotopic (exact) mass is 407 g/mol. The van der Waals surface area contributed by atoms with E-state index in [9.17, 15) is 9.59 Å². The molecule has 2 rings (SSSR count). The number of rotatable bonds is 5. The molecular weight excluding hydrogens is 370 g/mol. The van der Waals surface area contributed by atoms with Gasteiger partial charge >= 0.3 is 0 Å². The van der Waals surface area contributed by atoms with Crippen LogP contribution in [0, 0.1) is 16.7 Å². The number of carbonyl (C=O) groups is 2. The van der Waals surface area contributed by atoms with E-state index in [0.717, 1.165) is 29.5 Å². The minimum Gasteiger partial charge on any atom is -0.359 e. The minimum atomic E-state index is -0.552. The predicted molar refractivity (Wildman–Crippen MR) is 115 cm³/mol. The number of amides is 2. The Bertz CT molecular complexity index is 797. The Labute approximate surface area is 173 Å². The fourth-order valence-corrected chi connectivity index (χ4v) is 5.17. The molecule has 2 atom stereocenters. The van der Waals surface area contributed by atoms with Crippen molar-refractivity contribution < 1.29 is 9.59 Å². The molecule has 1 aromatic heterocycles. The van der Waals surface area contributed by atoms with E-state index < -0.39 is 10.8 Å². The molecule has 1 saturated carbocycles. The van der Waals surface area contributed by atoms with Crippen molar-refractivity contribution in [2.24, 2.45) is 21.7 Å². The second kappa shape index (κ2) is 8.13. The highest BCUT2D eigenvalue weighted by atomic mass is 32.1. The first-order valence-electron chi connectivity index (χ1n) is 10.4. The molecule has 2 unspecified atom stereocenters. The lowest BCUT2D eigenvalue weighted by atomic mass is 9.65. The third-order valence-electron chi connectivity index (χ3n) is 6.66. The van der Waals surface area contributed by atoms with Crippen LogP contribution in [0.5, 0.6) is 0 Å². The summed E-state index contributed by atoms with van der Waals surface area (Å²) in [5.41, 5.74) is 0.130. The Hall–Kier alpha value is -1.43.